The van der Waals surface area contributed by atoms with Crippen LogP contribution in [0.15, 0.2) is 29.1 Å². The molecule has 2 rings (SSSR count). The van der Waals surface area contributed by atoms with Crippen molar-refractivity contribution in [3.63, 3.8) is 0 Å². The Bertz CT molecular complexity index is 714. The van der Waals surface area contributed by atoms with Gasteiger partial charge in [0.25, 0.3) is 0 Å². The highest BCUT2D eigenvalue weighted by molar-refractivity contribution is 7.13. The molecule has 0 saturated carbocycles. The second-order valence-electron chi connectivity index (χ2n) is 5.94. The molecule has 0 bridgehead atoms. The first-order valence-electron chi connectivity index (χ1n) is 8.23. The Labute approximate surface area is 160 Å². The van der Waals surface area contributed by atoms with E-state index in [1.807, 2.05) is 31.4 Å². The summed E-state index contributed by atoms with van der Waals surface area (Å²) in [6.45, 7) is 4.07. The van der Waals surface area contributed by atoms with E-state index in [0.29, 0.717) is 11.7 Å². The lowest BCUT2D eigenvalue weighted by molar-refractivity contribution is -0.137. The molecule has 9 heteroatoms. The van der Waals surface area contributed by atoms with Gasteiger partial charge in [-0.3, -0.25) is 14.4 Å². The summed E-state index contributed by atoms with van der Waals surface area (Å²) in [5.74, 6) is -0.709. The van der Waals surface area contributed by atoms with E-state index in [2.05, 4.69) is 15.6 Å². The maximum atomic E-state index is 12.6. The van der Waals surface area contributed by atoms with E-state index in [0.717, 1.165) is 4.88 Å². The minimum Gasteiger partial charge on any atom is -0.352 e. The maximum Gasteiger partial charge on any atom is 0.239 e. The highest BCUT2D eigenvalue weighted by atomic mass is 32.1. The van der Waals surface area contributed by atoms with E-state index in [-0.39, 0.29) is 43.1 Å². The van der Waals surface area contributed by atoms with Crippen LogP contribution in [0.25, 0.3) is 0 Å². The zero-order chi connectivity index (χ0) is 18.9. The van der Waals surface area contributed by atoms with Crippen LogP contribution >= 0.6 is 22.7 Å². The first-order chi connectivity index (χ1) is 12.4. The Kier molecular flexibility index (Phi) is 7.73. The third kappa shape index (κ3) is 6.93. The predicted octanol–water partition coefficient (Wildman–Crippen LogP) is 2.48. The van der Waals surface area contributed by atoms with Gasteiger partial charge in [-0.15, -0.1) is 22.7 Å². The minimum absolute atomic E-state index is 0.00487. The highest BCUT2D eigenvalue weighted by Gasteiger charge is 2.19. The van der Waals surface area contributed by atoms with Crippen molar-refractivity contribution in [1.29, 1.82) is 0 Å². The topological polar surface area (TPSA) is 91.4 Å². The number of hydrogen-bond acceptors (Lipinski definition) is 6. The van der Waals surface area contributed by atoms with Crippen LogP contribution in [0, 0.1) is 0 Å². The number of nitrogens with one attached hydrogen (secondary N) is 2. The van der Waals surface area contributed by atoms with Crippen LogP contribution in [-0.4, -0.2) is 40.2 Å². The Morgan fingerprint density at radius 2 is 1.96 bits per heavy atom. The second kappa shape index (κ2) is 10.0. The van der Waals surface area contributed by atoms with Crippen molar-refractivity contribution in [3.8, 4) is 0 Å². The number of thiazole rings is 1. The highest BCUT2D eigenvalue weighted by Crippen LogP contribution is 2.14. The zero-order valence-electron chi connectivity index (χ0n) is 14.7. The van der Waals surface area contributed by atoms with Crippen molar-refractivity contribution in [2.24, 2.45) is 0 Å². The summed E-state index contributed by atoms with van der Waals surface area (Å²) < 4.78 is 0. The first kappa shape index (κ1) is 20.1. The van der Waals surface area contributed by atoms with Gasteiger partial charge in [0.15, 0.2) is 5.13 Å². The van der Waals surface area contributed by atoms with E-state index in [1.54, 1.807) is 11.6 Å². The van der Waals surface area contributed by atoms with E-state index in [9.17, 15) is 14.4 Å². The van der Waals surface area contributed by atoms with Gasteiger partial charge in [0.2, 0.25) is 17.7 Å². The van der Waals surface area contributed by atoms with Crippen LogP contribution in [0.5, 0.6) is 0 Å². The first-order valence-corrected chi connectivity index (χ1v) is 9.99. The quantitative estimate of drug-likeness (QED) is 0.683. The average molecular weight is 395 g/mol. The summed E-state index contributed by atoms with van der Waals surface area (Å²) in [7, 11) is 0. The molecule has 0 aliphatic rings. The van der Waals surface area contributed by atoms with E-state index >= 15 is 0 Å². The fourth-order valence-electron chi connectivity index (χ4n) is 2.21. The third-order valence-electron chi connectivity index (χ3n) is 3.31. The summed E-state index contributed by atoms with van der Waals surface area (Å²) in [4.78, 5) is 43.0. The second-order valence-corrected chi connectivity index (χ2v) is 7.86. The molecule has 2 heterocycles. The Morgan fingerprint density at radius 1 is 1.15 bits per heavy atom. The van der Waals surface area contributed by atoms with Crippen LogP contribution in [0.2, 0.25) is 0 Å². The molecule has 3 amide bonds. The number of nitrogens with zero attached hydrogens (tertiary/aromatic N) is 2. The third-order valence-corrected chi connectivity index (χ3v) is 4.86. The number of hydrogen-bond donors (Lipinski definition) is 2. The molecule has 0 fully saturated rings. The molecule has 0 spiro atoms. The van der Waals surface area contributed by atoms with Crippen LogP contribution < -0.4 is 10.6 Å². The van der Waals surface area contributed by atoms with Gasteiger partial charge in [-0.05, 0) is 25.3 Å². The summed E-state index contributed by atoms with van der Waals surface area (Å²) >= 11 is 2.84. The lowest BCUT2D eigenvalue weighted by atomic mass is 10.2. The van der Waals surface area contributed by atoms with Crippen molar-refractivity contribution in [1.82, 2.24) is 15.2 Å². The van der Waals surface area contributed by atoms with Gasteiger partial charge >= 0.3 is 0 Å². The van der Waals surface area contributed by atoms with E-state index in [4.69, 9.17) is 0 Å². The van der Waals surface area contributed by atoms with Gasteiger partial charge in [-0.2, -0.15) is 0 Å². The molecule has 0 saturated heterocycles. The lowest BCUT2D eigenvalue weighted by Crippen LogP contribution is -2.42. The Hall–Kier alpha value is -2.26. The molecular formula is C17H22N4O3S2. The van der Waals surface area contributed by atoms with E-state index in [1.165, 1.54) is 27.6 Å². The maximum absolute atomic E-state index is 12.6. The molecule has 7 nitrogen and oxygen atoms in total. The van der Waals surface area contributed by atoms with Crippen molar-refractivity contribution >= 4 is 45.5 Å². The van der Waals surface area contributed by atoms with Crippen molar-refractivity contribution in [3.05, 3.63) is 34.0 Å². The smallest absolute Gasteiger partial charge is 0.239 e. The summed E-state index contributed by atoms with van der Waals surface area (Å²) in [6.07, 6.45) is 1.68. The van der Waals surface area contributed by atoms with Gasteiger partial charge in [-0.1, -0.05) is 6.07 Å². The molecule has 0 atom stereocenters. The molecule has 0 aliphatic heterocycles. The van der Waals surface area contributed by atoms with Gasteiger partial charge < -0.3 is 15.5 Å². The molecule has 2 N–H and O–H groups in total. The number of carbonyl (C=O) groups excluding carboxylic acids is 3. The minimum atomic E-state index is -0.268. The molecule has 26 heavy (non-hydrogen) atoms. The molecule has 0 unspecified atom stereocenters. The van der Waals surface area contributed by atoms with Gasteiger partial charge in [0.05, 0.1) is 13.1 Å². The van der Waals surface area contributed by atoms with Gasteiger partial charge in [0, 0.05) is 35.3 Å². The normalized spacial score (nSPS) is 10.6. The molecule has 0 aromatic carbocycles. The van der Waals surface area contributed by atoms with Crippen LogP contribution in [0.3, 0.4) is 0 Å². The number of rotatable bonds is 9. The van der Waals surface area contributed by atoms with Crippen LogP contribution in [-0.2, 0) is 20.9 Å². The van der Waals surface area contributed by atoms with Crippen molar-refractivity contribution in [2.45, 2.75) is 39.3 Å². The molecule has 140 valence electrons. The Morgan fingerprint density at radius 3 is 2.58 bits per heavy atom. The molecule has 0 radical (unpaired) electrons. The number of aromatic nitrogens is 1. The van der Waals surface area contributed by atoms with Crippen molar-refractivity contribution in [2.75, 3.05) is 11.9 Å². The van der Waals surface area contributed by atoms with Gasteiger partial charge in [-0.25, -0.2) is 4.98 Å². The molecule has 2 aromatic rings. The molecule has 0 aliphatic carbocycles. The summed E-state index contributed by atoms with van der Waals surface area (Å²) in [6, 6.07) is 3.82. The number of carbonyl (C=O) groups is 3. The standard InChI is InChI=1S/C17H22N4O3S2/c1-12(2)19-15(23)11-21(10-13-4-3-8-25-13)16(24)6-5-14(22)20-17-18-7-9-26-17/h3-4,7-9,12H,5-6,10-11H2,1-2H3,(H,19,23)(H,18,20,22). The monoisotopic (exact) mass is 394 g/mol. The van der Waals surface area contributed by atoms with Crippen molar-refractivity contribution < 1.29 is 14.4 Å². The van der Waals surface area contributed by atoms with Crippen LogP contribution in [0.1, 0.15) is 31.6 Å². The SMILES string of the molecule is CC(C)NC(=O)CN(Cc1cccs1)C(=O)CCC(=O)Nc1nccs1. The predicted molar refractivity (Wildman–Crippen MR) is 103 cm³/mol. The number of anilines is 1. The summed E-state index contributed by atoms with van der Waals surface area (Å²) in [5.41, 5.74) is 0. The fourth-order valence-corrected chi connectivity index (χ4v) is 3.47. The number of amides is 3. The summed E-state index contributed by atoms with van der Waals surface area (Å²) in [5, 5.41) is 9.63. The zero-order valence-corrected chi connectivity index (χ0v) is 16.4. The van der Waals surface area contributed by atoms with E-state index < -0.39 is 0 Å². The average Bonchev–Trinajstić information content (AvgIpc) is 3.25. The number of thiophene rings is 1. The van der Waals surface area contributed by atoms with Gasteiger partial charge in [0.1, 0.15) is 0 Å². The molecular weight excluding hydrogens is 372 g/mol. The lowest BCUT2D eigenvalue weighted by Gasteiger charge is -2.22. The van der Waals surface area contributed by atoms with Crippen LogP contribution in [0.4, 0.5) is 5.13 Å². The fraction of sp³-hybridized carbons (Fsp3) is 0.412. The Balaban J connectivity index is 1.90. The molecule has 2 aromatic heterocycles. The largest absolute Gasteiger partial charge is 0.352 e.